The van der Waals surface area contributed by atoms with Gasteiger partial charge in [-0.3, -0.25) is 4.79 Å². The number of hydrogen-bond donors (Lipinski definition) is 3. The second-order valence-electron chi connectivity index (χ2n) is 6.52. The van der Waals surface area contributed by atoms with Gasteiger partial charge in [-0.15, -0.1) is 0 Å². The minimum Gasteiger partial charge on any atom is -0.444 e. The lowest BCUT2D eigenvalue weighted by Crippen LogP contribution is -2.34. The molecule has 134 valence electrons. The van der Waals surface area contributed by atoms with Crippen molar-refractivity contribution in [3.8, 4) is 0 Å². The first kappa shape index (κ1) is 20.1. The topological polar surface area (TPSA) is 95.9 Å². The quantitative estimate of drug-likeness (QED) is 0.690. The van der Waals surface area contributed by atoms with Crippen LogP contribution < -0.4 is 5.32 Å². The van der Waals surface area contributed by atoms with Gasteiger partial charge in [-0.05, 0) is 52.3 Å². The van der Waals surface area contributed by atoms with Gasteiger partial charge < -0.3 is 20.3 Å². The maximum absolute atomic E-state index is 13.8. The van der Waals surface area contributed by atoms with E-state index in [0.717, 1.165) is 6.07 Å². The number of carbonyl (C=O) groups is 2. The number of rotatable bonds is 6. The molecule has 0 radical (unpaired) electrons. The summed E-state index contributed by atoms with van der Waals surface area (Å²) in [5.41, 5.74) is -0.560. The number of ketones is 1. The molecule has 0 heterocycles. The van der Waals surface area contributed by atoms with E-state index in [2.05, 4.69) is 5.32 Å². The summed E-state index contributed by atoms with van der Waals surface area (Å²) >= 11 is 0. The number of carbonyl (C=O) groups excluding carboxylic acids is 2. The first-order valence-corrected chi connectivity index (χ1v) is 7.64. The van der Waals surface area contributed by atoms with Crippen molar-refractivity contribution in [1.82, 2.24) is 5.32 Å². The number of benzene rings is 1. The largest absolute Gasteiger partial charge is 0.444 e. The Morgan fingerprint density at radius 1 is 1.29 bits per heavy atom. The molecular weight excluding hydrogens is 317 g/mol. The molecule has 1 aromatic carbocycles. The minimum absolute atomic E-state index is 0.00977. The second-order valence-corrected chi connectivity index (χ2v) is 6.52. The number of halogens is 1. The van der Waals surface area contributed by atoms with Gasteiger partial charge >= 0.3 is 6.09 Å². The van der Waals surface area contributed by atoms with Crippen LogP contribution in [0.3, 0.4) is 0 Å². The van der Waals surface area contributed by atoms with Crippen molar-refractivity contribution in [2.45, 2.75) is 51.9 Å². The van der Waals surface area contributed by atoms with Crippen molar-refractivity contribution >= 4 is 11.9 Å². The molecule has 6 nitrogen and oxygen atoms in total. The van der Waals surface area contributed by atoms with Crippen molar-refractivity contribution in [2.24, 2.45) is 0 Å². The molecule has 0 aliphatic rings. The van der Waals surface area contributed by atoms with Gasteiger partial charge in [-0.1, -0.05) is 0 Å². The fraction of sp³-hybridized carbons (Fsp3) is 0.529. The number of aliphatic hydroxyl groups is 2. The van der Waals surface area contributed by atoms with Gasteiger partial charge in [0.1, 0.15) is 17.5 Å². The molecule has 0 fully saturated rings. The summed E-state index contributed by atoms with van der Waals surface area (Å²) < 4.78 is 18.8. The Kier molecular flexibility index (Phi) is 6.86. The van der Waals surface area contributed by atoms with E-state index >= 15 is 0 Å². The first-order chi connectivity index (χ1) is 11.0. The van der Waals surface area contributed by atoms with E-state index in [1.165, 1.54) is 19.1 Å². The number of aliphatic hydroxyl groups excluding tert-OH is 2. The zero-order valence-electron chi connectivity index (χ0n) is 14.3. The predicted molar refractivity (Wildman–Crippen MR) is 86.2 cm³/mol. The maximum Gasteiger partial charge on any atom is 0.407 e. The van der Waals surface area contributed by atoms with Gasteiger partial charge in [0.25, 0.3) is 0 Å². The highest BCUT2D eigenvalue weighted by Gasteiger charge is 2.23. The van der Waals surface area contributed by atoms with Crippen LogP contribution in [-0.4, -0.2) is 40.3 Å². The monoisotopic (exact) mass is 341 g/mol. The van der Waals surface area contributed by atoms with Gasteiger partial charge in [0, 0.05) is 17.7 Å². The van der Waals surface area contributed by atoms with Crippen LogP contribution in [0.1, 0.15) is 56.1 Å². The van der Waals surface area contributed by atoms with Gasteiger partial charge in [0.15, 0.2) is 5.78 Å². The van der Waals surface area contributed by atoms with Crippen LogP contribution in [0.25, 0.3) is 0 Å². The van der Waals surface area contributed by atoms with E-state index in [0.29, 0.717) is 0 Å². The number of nitrogens with one attached hydrogen (secondary N) is 1. The van der Waals surface area contributed by atoms with Gasteiger partial charge in [0.05, 0.1) is 6.10 Å². The molecule has 2 atom stereocenters. The third kappa shape index (κ3) is 6.25. The summed E-state index contributed by atoms with van der Waals surface area (Å²) in [6.45, 7) is 6.52. The molecule has 24 heavy (non-hydrogen) atoms. The van der Waals surface area contributed by atoms with E-state index < -0.39 is 29.7 Å². The van der Waals surface area contributed by atoms with Crippen molar-refractivity contribution in [1.29, 1.82) is 0 Å². The lowest BCUT2D eigenvalue weighted by atomic mass is 9.98. The number of amides is 1. The van der Waals surface area contributed by atoms with Crippen LogP contribution in [0.4, 0.5) is 9.18 Å². The molecule has 0 aliphatic carbocycles. The second kappa shape index (κ2) is 8.21. The Labute approximate surface area is 140 Å². The molecule has 1 amide bonds. The Hall–Kier alpha value is -1.99. The summed E-state index contributed by atoms with van der Waals surface area (Å²) in [7, 11) is 0. The number of Topliss-reactive ketones (excluding diaryl/α,β-unsaturated/α-hetero) is 1. The highest BCUT2D eigenvalue weighted by Crippen LogP contribution is 2.23. The van der Waals surface area contributed by atoms with Crippen molar-refractivity contribution in [3.05, 3.63) is 35.1 Å². The fourth-order valence-electron chi connectivity index (χ4n) is 1.99. The predicted octanol–water partition coefficient (Wildman–Crippen LogP) is 2.34. The van der Waals surface area contributed by atoms with Crippen LogP contribution in [0.15, 0.2) is 18.2 Å². The van der Waals surface area contributed by atoms with Crippen LogP contribution in [0, 0.1) is 5.82 Å². The summed E-state index contributed by atoms with van der Waals surface area (Å²) in [4.78, 5) is 22.8. The van der Waals surface area contributed by atoms with E-state index in [1.54, 1.807) is 20.8 Å². The first-order valence-electron chi connectivity index (χ1n) is 7.64. The normalized spacial score (nSPS) is 14.0. The minimum atomic E-state index is -1.51. The number of alkyl carbamates (subject to hydrolysis) is 1. The van der Waals surface area contributed by atoms with E-state index in [-0.39, 0.29) is 29.9 Å². The molecule has 0 spiro atoms. The van der Waals surface area contributed by atoms with Crippen molar-refractivity contribution < 1.29 is 28.9 Å². The molecular formula is C17H24FNO5. The van der Waals surface area contributed by atoms with Gasteiger partial charge in [-0.25, -0.2) is 9.18 Å². The molecule has 0 bridgehead atoms. The van der Waals surface area contributed by atoms with E-state index in [4.69, 9.17) is 4.74 Å². The average molecular weight is 341 g/mol. The third-order valence-electron chi connectivity index (χ3n) is 3.19. The zero-order valence-corrected chi connectivity index (χ0v) is 14.3. The molecule has 2 unspecified atom stereocenters. The van der Waals surface area contributed by atoms with Gasteiger partial charge in [0.2, 0.25) is 0 Å². The Bertz CT molecular complexity index is 597. The molecule has 0 aromatic heterocycles. The van der Waals surface area contributed by atoms with Gasteiger partial charge in [-0.2, -0.15) is 0 Å². The molecule has 1 aromatic rings. The summed E-state index contributed by atoms with van der Waals surface area (Å²) in [6, 6.07) is 3.60. The molecule has 0 aliphatic heterocycles. The molecule has 1 rings (SSSR count). The Morgan fingerprint density at radius 2 is 1.92 bits per heavy atom. The molecule has 0 saturated heterocycles. The van der Waals surface area contributed by atoms with Crippen molar-refractivity contribution in [2.75, 3.05) is 6.54 Å². The summed E-state index contributed by atoms with van der Waals surface area (Å²) in [6.07, 6.45) is -3.47. The summed E-state index contributed by atoms with van der Waals surface area (Å²) in [5.74, 6) is -0.990. The Morgan fingerprint density at radius 3 is 2.46 bits per heavy atom. The van der Waals surface area contributed by atoms with Crippen molar-refractivity contribution in [3.63, 3.8) is 0 Å². The van der Waals surface area contributed by atoms with Crippen LogP contribution in [-0.2, 0) is 4.74 Å². The highest BCUT2D eigenvalue weighted by atomic mass is 19.1. The number of hydrogen-bond acceptors (Lipinski definition) is 5. The van der Waals surface area contributed by atoms with E-state index in [1.807, 2.05) is 0 Å². The SMILES string of the molecule is CC(=O)c1ccc(F)c(C(O)C(O)CCNC(=O)OC(C)(C)C)c1. The van der Waals surface area contributed by atoms with Crippen LogP contribution in [0.2, 0.25) is 0 Å². The smallest absolute Gasteiger partial charge is 0.407 e. The maximum atomic E-state index is 13.8. The molecule has 3 N–H and O–H groups in total. The van der Waals surface area contributed by atoms with Crippen LogP contribution in [0.5, 0.6) is 0 Å². The van der Waals surface area contributed by atoms with E-state index in [9.17, 15) is 24.2 Å². The third-order valence-corrected chi connectivity index (χ3v) is 3.19. The molecule has 0 saturated carbocycles. The lowest BCUT2D eigenvalue weighted by Gasteiger charge is -2.21. The Balaban J connectivity index is 2.62. The fourth-order valence-corrected chi connectivity index (χ4v) is 1.99. The number of ether oxygens (including phenoxy) is 1. The highest BCUT2D eigenvalue weighted by molar-refractivity contribution is 5.94. The van der Waals surface area contributed by atoms with Crippen LogP contribution >= 0.6 is 0 Å². The standard InChI is InChI=1S/C17H24FNO5/c1-10(20)11-5-6-13(18)12(9-11)15(22)14(21)7-8-19-16(23)24-17(2,3)4/h5-6,9,14-15,21-22H,7-8H2,1-4H3,(H,19,23). The molecule has 7 heteroatoms. The summed E-state index contributed by atoms with van der Waals surface area (Å²) in [5, 5.41) is 22.5. The average Bonchev–Trinajstić information content (AvgIpc) is 2.44. The lowest BCUT2D eigenvalue weighted by molar-refractivity contribution is 0.0103. The zero-order chi connectivity index (χ0) is 18.5.